The summed E-state index contributed by atoms with van der Waals surface area (Å²) in [5.41, 5.74) is 1.30. The molecule has 0 saturated heterocycles. The number of nitrogens with zero attached hydrogens (tertiary/aromatic N) is 1. The van der Waals surface area contributed by atoms with Gasteiger partial charge in [-0.15, -0.1) is 11.3 Å². The summed E-state index contributed by atoms with van der Waals surface area (Å²) in [7, 11) is 1.37. The Labute approximate surface area is 151 Å². The van der Waals surface area contributed by atoms with Crippen LogP contribution in [0.15, 0.2) is 0 Å². The third-order valence-electron chi connectivity index (χ3n) is 3.97. The number of nitrogens with one attached hydrogen (secondary N) is 1. The molecule has 0 fully saturated rings. The van der Waals surface area contributed by atoms with E-state index in [1.807, 2.05) is 0 Å². The fourth-order valence-corrected chi connectivity index (χ4v) is 4.64. The minimum atomic E-state index is -0.610. The first-order chi connectivity index (χ1) is 11.6. The molecule has 0 saturated carbocycles. The summed E-state index contributed by atoms with van der Waals surface area (Å²) >= 11 is 1.42. The number of rotatable bonds is 5. The quantitative estimate of drug-likeness (QED) is 0.753. The molecule has 0 bridgehead atoms. The molecule has 0 atom stereocenters. The second-order valence-corrected chi connectivity index (χ2v) is 8.42. The summed E-state index contributed by atoms with van der Waals surface area (Å²) < 4.78 is 9.44. The zero-order chi connectivity index (χ0) is 18.8. The minimum Gasteiger partial charge on any atom is -0.454 e. The normalized spacial score (nSPS) is 17.3. The predicted octanol–water partition coefficient (Wildman–Crippen LogP) is 0.881. The van der Waals surface area contributed by atoms with Crippen LogP contribution in [0.25, 0.3) is 0 Å². The molecular weight excluding hydrogens is 342 g/mol. The van der Waals surface area contributed by atoms with E-state index >= 15 is 0 Å². The Bertz CT molecular complexity index is 731. The van der Waals surface area contributed by atoms with Crippen molar-refractivity contribution in [2.75, 3.05) is 25.6 Å². The molecule has 1 aliphatic rings. The largest absolute Gasteiger partial charge is 0.454 e. The van der Waals surface area contributed by atoms with Crippen molar-refractivity contribution < 1.29 is 24.4 Å². The van der Waals surface area contributed by atoms with Gasteiger partial charge in [0.25, 0.3) is 5.91 Å². The molecule has 0 unspecified atom stereocenters. The highest BCUT2D eigenvalue weighted by molar-refractivity contribution is 7.16. The van der Waals surface area contributed by atoms with Crippen LogP contribution >= 0.6 is 11.3 Å². The molecule has 7 nitrogen and oxygen atoms in total. The van der Waals surface area contributed by atoms with Crippen LogP contribution in [0.1, 0.15) is 43.7 Å². The number of amides is 1. The highest BCUT2D eigenvalue weighted by Crippen LogP contribution is 2.41. The Balaban J connectivity index is 2.21. The van der Waals surface area contributed by atoms with Gasteiger partial charge in [0.05, 0.1) is 16.0 Å². The first-order valence-corrected chi connectivity index (χ1v) is 8.79. The van der Waals surface area contributed by atoms with Crippen LogP contribution in [-0.2, 0) is 31.0 Å². The van der Waals surface area contributed by atoms with Crippen molar-refractivity contribution in [1.82, 2.24) is 0 Å². The van der Waals surface area contributed by atoms with Gasteiger partial charge >= 0.3 is 5.97 Å². The van der Waals surface area contributed by atoms with Crippen molar-refractivity contribution in [3.05, 3.63) is 16.0 Å². The number of anilines is 1. The Morgan fingerprint density at radius 3 is 2.60 bits per heavy atom. The van der Waals surface area contributed by atoms with Gasteiger partial charge in [-0.1, -0.05) is 0 Å². The van der Waals surface area contributed by atoms with Crippen LogP contribution in [0.2, 0.25) is 0 Å². The first kappa shape index (κ1) is 19.4. The van der Waals surface area contributed by atoms with E-state index in [2.05, 4.69) is 49.1 Å². The van der Waals surface area contributed by atoms with Crippen molar-refractivity contribution in [1.29, 1.82) is 5.26 Å². The van der Waals surface area contributed by atoms with E-state index in [1.54, 1.807) is 0 Å². The summed E-state index contributed by atoms with van der Waals surface area (Å²) in [6, 6.07) is 2.22. The second kappa shape index (κ2) is 7.12. The van der Waals surface area contributed by atoms with E-state index in [-0.39, 0.29) is 17.7 Å². The van der Waals surface area contributed by atoms with Crippen LogP contribution in [0, 0.1) is 11.3 Å². The fourth-order valence-electron chi connectivity index (χ4n) is 3.38. The van der Waals surface area contributed by atoms with Crippen molar-refractivity contribution >= 4 is 28.2 Å². The van der Waals surface area contributed by atoms with Crippen LogP contribution in [0.4, 0.5) is 5.00 Å². The molecule has 2 heterocycles. The summed E-state index contributed by atoms with van der Waals surface area (Å²) in [6.07, 6.45) is 0.754. The van der Waals surface area contributed by atoms with Gasteiger partial charge in [-0.3, -0.25) is 4.79 Å². The van der Waals surface area contributed by atoms with Gasteiger partial charge in [0.1, 0.15) is 23.2 Å². The van der Waals surface area contributed by atoms with E-state index in [0.717, 1.165) is 16.9 Å². The van der Waals surface area contributed by atoms with Gasteiger partial charge in [-0.05, 0) is 33.3 Å². The Morgan fingerprint density at radius 1 is 1.32 bits per heavy atom. The van der Waals surface area contributed by atoms with Gasteiger partial charge in [-0.25, -0.2) is 4.79 Å². The summed E-state index contributed by atoms with van der Waals surface area (Å²) in [4.78, 5) is 24.4. The minimum absolute atomic E-state index is 0.0276. The van der Waals surface area contributed by atoms with Crippen molar-refractivity contribution in [2.24, 2.45) is 0 Å². The maximum atomic E-state index is 12.1. The zero-order valence-electron chi connectivity index (χ0n) is 15.2. The van der Waals surface area contributed by atoms with Crippen LogP contribution in [-0.4, -0.2) is 37.7 Å². The number of esters is 1. The summed E-state index contributed by atoms with van der Waals surface area (Å²) in [5.74, 6) is -1.08. The number of carbonyl (C=O) groups is 2. The Kier molecular flexibility index (Phi) is 5.52. The number of fused-ring (bicyclic) bond motifs is 1. The molecule has 0 aliphatic carbocycles. The third kappa shape index (κ3) is 4.37. The molecule has 136 valence electrons. The van der Waals surface area contributed by atoms with Gasteiger partial charge in [0.15, 0.2) is 6.61 Å². The lowest BCUT2D eigenvalue weighted by Crippen LogP contribution is -3.03. The molecule has 8 heteroatoms. The smallest absolute Gasteiger partial charge is 0.332 e. The van der Waals surface area contributed by atoms with Gasteiger partial charge < -0.3 is 20.1 Å². The van der Waals surface area contributed by atoms with E-state index in [1.165, 1.54) is 18.4 Å². The molecule has 1 aromatic heterocycles. The van der Waals surface area contributed by atoms with Crippen molar-refractivity contribution in [2.45, 2.75) is 45.2 Å². The zero-order valence-corrected chi connectivity index (χ0v) is 16.0. The molecule has 1 amide bonds. The lowest BCUT2D eigenvalue weighted by atomic mass is 9.81. The fraction of sp³-hybridized carbons (Fsp3) is 0.588. The SMILES string of the molecule is COCC(=O)OCC(=O)Nc1sc2c(c1C#N)CC(C)(C)[NH2+]C2(C)C. The standard InChI is InChI=1S/C17H23N3O4S/c1-16(2)6-10-11(7-18)15(25-14(10)17(3,4)20-16)19-12(21)8-24-13(22)9-23-5/h20H,6,8-9H2,1-5H3,(H,19,21)/p+1. The number of nitrogens with two attached hydrogens (primary N) is 1. The summed E-state index contributed by atoms with van der Waals surface area (Å²) in [6.45, 7) is 7.90. The lowest BCUT2D eigenvalue weighted by molar-refractivity contribution is -0.789. The molecule has 1 aromatic rings. The number of ether oxygens (including phenoxy) is 2. The second-order valence-electron chi connectivity index (χ2n) is 7.40. The number of carbonyl (C=O) groups excluding carboxylic acids is 2. The van der Waals surface area contributed by atoms with E-state index in [4.69, 9.17) is 4.74 Å². The molecule has 3 N–H and O–H groups in total. The van der Waals surface area contributed by atoms with Crippen LogP contribution in [0.3, 0.4) is 0 Å². The van der Waals surface area contributed by atoms with Gasteiger partial charge in [0.2, 0.25) is 0 Å². The van der Waals surface area contributed by atoms with E-state index < -0.39 is 18.5 Å². The molecule has 2 rings (SSSR count). The maximum Gasteiger partial charge on any atom is 0.332 e. The molecule has 0 spiro atoms. The molecule has 25 heavy (non-hydrogen) atoms. The average molecular weight is 366 g/mol. The molecule has 1 aliphatic heterocycles. The van der Waals surface area contributed by atoms with Crippen LogP contribution < -0.4 is 10.6 Å². The number of hydrogen-bond acceptors (Lipinski definition) is 6. The molecule has 0 aromatic carbocycles. The highest BCUT2D eigenvalue weighted by atomic mass is 32.1. The number of methoxy groups -OCH3 is 1. The lowest BCUT2D eigenvalue weighted by Gasteiger charge is -2.38. The maximum absolute atomic E-state index is 12.1. The van der Waals surface area contributed by atoms with E-state index in [0.29, 0.717) is 10.6 Å². The first-order valence-electron chi connectivity index (χ1n) is 7.97. The number of nitriles is 1. The van der Waals surface area contributed by atoms with Gasteiger partial charge in [-0.2, -0.15) is 5.26 Å². The van der Waals surface area contributed by atoms with Crippen molar-refractivity contribution in [3.8, 4) is 6.07 Å². The number of quaternary nitrogens is 1. The average Bonchev–Trinajstić information content (AvgIpc) is 2.81. The van der Waals surface area contributed by atoms with Crippen molar-refractivity contribution in [3.63, 3.8) is 0 Å². The number of thiophene rings is 1. The van der Waals surface area contributed by atoms with E-state index in [9.17, 15) is 14.9 Å². The monoisotopic (exact) mass is 366 g/mol. The third-order valence-corrected chi connectivity index (χ3v) is 5.45. The topological polar surface area (TPSA) is 105 Å². The van der Waals surface area contributed by atoms with Crippen LogP contribution in [0.5, 0.6) is 0 Å². The summed E-state index contributed by atoms with van der Waals surface area (Å²) in [5, 5.41) is 15.1. The number of hydrogen-bond donors (Lipinski definition) is 2. The highest BCUT2D eigenvalue weighted by Gasteiger charge is 2.44. The Morgan fingerprint density at radius 2 is 2.00 bits per heavy atom. The van der Waals surface area contributed by atoms with Gasteiger partial charge in [0, 0.05) is 13.5 Å². The molecular formula is C17H24N3O4S+. The Hall–Kier alpha value is -1.95. The predicted molar refractivity (Wildman–Crippen MR) is 93.2 cm³/mol. The molecule has 0 radical (unpaired) electrons.